The Kier molecular flexibility index (Phi) is 5.36. The van der Waals surface area contributed by atoms with Gasteiger partial charge in [-0.2, -0.15) is 0 Å². The summed E-state index contributed by atoms with van der Waals surface area (Å²) in [5.41, 5.74) is 0.0927. The van der Waals surface area contributed by atoms with Gasteiger partial charge in [0.25, 0.3) is 0 Å². The van der Waals surface area contributed by atoms with E-state index in [1.807, 2.05) is 0 Å². The summed E-state index contributed by atoms with van der Waals surface area (Å²) in [6, 6.07) is 0. The molecule has 4 fully saturated rings. The Balaban J connectivity index is 1.61. The van der Waals surface area contributed by atoms with Crippen LogP contribution < -0.4 is 0 Å². The van der Waals surface area contributed by atoms with Crippen LogP contribution in [0.3, 0.4) is 0 Å². The van der Waals surface area contributed by atoms with Gasteiger partial charge in [-0.3, -0.25) is 4.79 Å². The summed E-state index contributed by atoms with van der Waals surface area (Å²) in [7, 11) is 0. The molecule has 0 saturated heterocycles. The topological polar surface area (TPSA) is 77.8 Å². The van der Waals surface area contributed by atoms with Gasteiger partial charge >= 0.3 is 5.97 Å². The third kappa shape index (κ3) is 2.96. The van der Waals surface area contributed by atoms with Gasteiger partial charge in [-0.05, 0) is 91.3 Å². The van der Waals surface area contributed by atoms with E-state index < -0.39 is 5.97 Å². The molecular weight excluding hydrogens is 352 g/mol. The van der Waals surface area contributed by atoms with E-state index in [0.29, 0.717) is 41.9 Å². The fraction of sp³-hybridized carbons (Fsp3) is 0.958. The molecule has 0 spiro atoms. The lowest BCUT2D eigenvalue weighted by molar-refractivity contribution is -0.201. The molecule has 3 N–H and O–H groups in total. The van der Waals surface area contributed by atoms with Crippen molar-refractivity contribution < 1.29 is 20.1 Å². The minimum atomic E-state index is -0.727. The van der Waals surface area contributed by atoms with Crippen LogP contribution in [0.15, 0.2) is 0 Å². The zero-order valence-corrected chi connectivity index (χ0v) is 17.9. The summed E-state index contributed by atoms with van der Waals surface area (Å²) in [6.45, 7) is 6.89. The lowest BCUT2D eigenvalue weighted by Crippen LogP contribution is -2.61. The molecule has 0 radical (unpaired) electrons. The molecule has 4 rings (SSSR count). The molecule has 0 aromatic carbocycles. The van der Waals surface area contributed by atoms with Crippen LogP contribution in [0.25, 0.3) is 0 Å². The van der Waals surface area contributed by atoms with Crippen LogP contribution in [0, 0.1) is 46.3 Å². The second-order valence-corrected chi connectivity index (χ2v) is 11.3. The van der Waals surface area contributed by atoms with Crippen molar-refractivity contribution in [1.82, 2.24) is 0 Å². The summed E-state index contributed by atoms with van der Waals surface area (Å²) >= 11 is 0. The summed E-state index contributed by atoms with van der Waals surface area (Å²) < 4.78 is 0. The van der Waals surface area contributed by atoms with E-state index in [4.69, 9.17) is 5.11 Å². The van der Waals surface area contributed by atoms with Crippen molar-refractivity contribution in [3.05, 3.63) is 0 Å². The first-order chi connectivity index (χ1) is 13.2. The van der Waals surface area contributed by atoms with Gasteiger partial charge in [0.1, 0.15) is 0 Å². The van der Waals surface area contributed by atoms with Gasteiger partial charge in [-0.25, -0.2) is 0 Å². The van der Waals surface area contributed by atoms with Gasteiger partial charge in [0.15, 0.2) is 0 Å². The average molecular weight is 393 g/mol. The first-order valence-electron chi connectivity index (χ1n) is 11.8. The number of hydrogen-bond acceptors (Lipinski definition) is 3. The van der Waals surface area contributed by atoms with E-state index in [9.17, 15) is 15.0 Å². The van der Waals surface area contributed by atoms with Crippen LogP contribution in [0.1, 0.15) is 85.0 Å². The monoisotopic (exact) mass is 392 g/mol. The number of fused-ring (bicyclic) bond motifs is 5. The van der Waals surface area contributed by atoms with Gasteiger partial charge in [0.05, 0.1) is 12.2 Å². The molecule has 4 nitrogen and oxygen atoms in total. The van der Waals surface area contributed by atoms with E-state index in [0.717, 1.165) is 25.7 Å². The van der Waals surface area contributed by atoms with Crippen molar-refractivity contribution in [2.24, 2.45) is 46.3 Å². The van der Waals surface area contributed by atoms with E-state index in [2.05, 4.69) is 20.8 Å². The summed E-state index contributed by atoms with van der Waals surface area (Å²) in [5, 5.41) is 31.8. The lowest BCUT2D eigenvalue weighted by Gasteiger charge is -2.63. The minimum Gasteiger partial charge on any atom is -0.481 e. The highest BCUT2D eigenvalue weighted by molar-refractivity contribution is 5.66. The van der Waals surface area contributed by atoms with E-state index in [1.54, 1.807) is 0 Å². The van der Waals surface area contributed by atoms with Gasteiger partial charge in [0, 0.05) is 6.42 Å². The molecular formula is C24H40O4. The summed E-state index contributed by atoms with van der Waals surface area (Å²) in [4.78, 5) is 11.1. The standard InChI is InChI=1S/C24H40O4/c1-14(7-10-21(27)28)16-8-9-17-22-18(13-20(26)24(16,17)3)23(2)11-5-4-6-15(23)12-19(22)25/h14-20,22,25-26H,4-13H2,1-3H3,(H,27,28)/t14-,15+,16-,17?,18+,19-,20+,22+,23+,24-/m1/s1. The molecule has 0 aromatic heterocycles. The van der Waals surface area contributed by atoms with Crippen molar-refractivity contribution >= 4 is 5.97 Å². The van der Waals surface area contributed by atoms with Crippen LogP contribution in [0.4, 0.5) is 0 Å². The normalized spacial score (nSPS) is 51.7. The van der Waals surface area contributed by atoms with Crippen LogP contribution in [0.5, 0.6) is 0 Å². The number of hydrogen-bond donors (Lipinski definition) is 3. The van der Waals surface area contributed by atoms with Gasteiger partial charge in [0.2, 0.25) is 0 Å². The van der Waals surface area contributed by atoms with Gasteiger partial charge in [-0.15, -0.1) is 0 Å². The van der Waals surface area contributed by atoms with Crippen LogP contribution >= 0.6 is 0 Å². The maximum atomic E-state index is 11.5. The molecule has 160 valence electrons. The third-order valence-electron chi connectivity index (χ3n) is 10.3. The molecule has 0 aliphatic heterocycles. The number of aliphatic carboxylic acids is 1. The first-order valence-corrected chi connectivity index (χ1v) is 11.8. The largest absolute Gasteiger partial charge is 0.481 e. The maximum Gasteiger partial charge on any atom is 0.303 e. The smallest absolute Gasteiger partial charge is 0.303 e. The number of aliphatic hydroxyl groups excluding tert-OH is 2. The van der Waals surface area contributed by atoms with Crippen LogP contribution in [-0.2, 0) is 4.79 Å². The zero-order valence-electron chi connectivity index (χ0n) is 17.9. The van der Waals surface area contributed by atoms with Crippen molar-refractivity contribution in [2.45, 2.75) is 97.2 Å². The average Bonchev–Trinajstić information content (AvgIpc) is 3.00. The number of carbonyl (C=O) groups is 1. The molecule has 0 heterocycles. The first kappa shape index (κ1) is 20.7. The Morgan fingerprint density at radius 3 is 2.54 bits per heavy atom. The Morgan fingerprint density at radius 1 is 1.07 bits per heavy atom. The van der Waals surface area contributed by atoms with Gasteiger partial charge < -0.3 is 15.3 Å². The Hall–Kier alpha value is -0.610. The van der Waals surface area contributed by atoms with Crippen molar-refractivity contribution in [3.8, 4) is 0 Å². The van der Waals surface area contributed by atoms with Crippen LogP contribution in [0.2, 0.25) is 0 Å². The van der Waals surface area contributed by atoms with Crippen molar-refractivity contribution in [3.63, 3.8) is 0 Å². The highest BCUT2D eigenvalue weighted by Gasteiger charge is 2.65. The predicted octanol–water partition coefficient (Wildman–Crippen LogP) is 4.48. The third-order valence-corrected chi connectivity index (χ3v) is 10.3. The number of aliphatic hydroxyl groups is 2. The lowest BCUT2D eigenvalue weighted by atomic mass is 9.43. The van der Waals surface area contributed by atoms with Crippen molar-refractivity contribution in [2.75, 3.05) is 0 Å². The molecule has 0 amide bonds. The van der Waals surface area contributed by atoms with E-state index in [1.165, 1.54) is 25.7 Å². The molecule has 0 bridgehead atoms. The number of carboxylic acids is 1. The Morgan fingerprint density at radius 2 is 1.82 bits per heavy atom. The summed E-state index contributed by atoms with van der Waals surface area (Å²) in [6.07, 6.45) is 9.32. The summed E-state index contributed by atoms with van der Waals surface area (Å²) in [5.74, 6) is 1.66. The highest BCUT2D eigenvalue weighted by Crippen LogP contribution is 2.68. The predicted molar refractivity (Wildman–Crippen MR) is 109 cm³/mol. The molecule has 4 heteroatoms. The highest BCUT2D eigenvalue weighted by atomic mass is 16.4. The second kappa shape index (κ2) is 7.27. The quantitative estimate of drug-likeness (QED) is 0.659. The molecule has 10 atom stereocenters. The van der Waals surface area contributed by atoms with Gasteiger partial charge in [-0.1, -0.05) is 33.6 Å². The molecule has 4 saturated carbocycles. The molecule has 1 unspecified atom stereocenters. The number of rotatable bonds is 4. The molecule has 28 heavy (non-hydrogen) atoms. The van der Waals surface area contributed by atoms with E-state index >= 15 is 0 Å². The fourth-order valence-electron chi connectivity index (χ4n) is 8.74. The minimum absolute atomic E-state index is 0.183. The van der Waals surface area contributed by atoms with Crippen molar-refractivity contribution in [1.29, 1.82) is 0 Å². The fourth-order valence-corrected chi connectivity index (χ4v) is 8.74. The molecule has 4 aliphatic rings. The number of carboxylic acid groups (broad SMARTS) is 1. The maximum absolute atomic E-state index is 11.5. The molecule has 4 aliphatic carbocycles. The zero-order chi connectivity index (χ0) is 20.3. The second-order valence-electron chi connectivity index (χ2n) is 11.3. The Labute approximate surface area is 170 Å². The van der Waals surface area contributed by atoms with Crippen LogP contribution in [-0.4, -0.2) is 33.5 Å². The SMILES string of the molecule is C[C@H](CCC(=O)O)[C@H]1CCC2[C@@H]3[C@H](O)C[C@@H]4CCCC[C@]4(C)[C@H]3C[C@H](O)[C@@]21C. The molecule has 0 aromatic rings. The van der Waals surface area contributed by atoms with E-state index in [-0.39, 0.29) is 29.5 Å². The Bertz CT molecular complexity index is 605.